The molecule has 5 rings (SSSR count). The van der Waals surface area contributed by atoms with Gasteiger partial charge in [0.2, 0.25) is 5.95 Å². The zero-order valence-corrected chi connectivity index (χ0v) is 16.3. The first-order valence-electron chi connectivity index (χ1n) is 10.2. The van der Waals surface area contributed by atoms with E-state index in [1.807, 2.05) is 25.2 Å². The van der Waals surface area contributed by atoms with Gasteiger partial charge >= 0.3 is 0 Å². The van der Waals surface area contributed by atoms with Crippen molar-refractivity contribution < 1.29 is 5.11 Å². The van der Waals surface area contributed by atoms with Crippen LogP contribution in [0.3, 0.4) is 0 Å². The highest BCUT2D eigenvalue weighted by Crippen LogP contribution is 2.40. The fraction of sp³-hybridized carbons (Fsp3) is 0.391. The monoisotopic (exact) mass is 374 g/mol. The lowest BCUT2D eigenvalue weighted by Gasteiger charge is -2.26. The Labute approximate surface area is 165 Å². The molecular weight excluding hydrogens is 348 g/mol. The second-order valence-electron chi connectivity index (χ2n) is 8.10. The summed E-state index contributed by atoms with van der Waals surface area (Å²) >= 11 is 0. The van der Waals surface area contributed by atoms with Crippen LogP contribution in [-0.2, 0) is 25.5 Å². The molecule has 28 heavy (non-hydrogen) atoms. The molecule has 0 radical (unpaired) electrons. The third-order valence-electron chi connectivity index (χ3n) is 6.41. The Morgan fingerprint density at radius 1 is 1.07 bits per heavy atom. The maximum absolute atomic E-state index is 11.3. The van der Waals surface area contributed by atoms with Crippen LogP contribution in [0, 0.1) is 0 Å². The first-order valence-corrected chi connectivity index (χ1v) is 10.2. The topological polar surface area (TPSA) is 54.2 Å². The third-order valence-corrected chi connectivity index (χ3v) is 6.41. The highest BCUT2D eigenvalue weighted by Gasteiger charge is 2.38. The van der Waals surface area contributed by atoms with E-state index in [1.54, 1.807) is 0 Å². The Kier molecular flexibility index (Phi) is 4.20. The number of hydrogen-bond acceptors (Lipinski definition) is 4. The van der Waals surface area contributed by atoms with Gasteiger partial charge in [-0.05, 0) is 42.4 Å². The van der Waals surface area contributed by atoms with Crippen LogP contribution < -0.4 is 4.90 Å². The molecule has 2 unspecified atom stereocenters. The molecule has 2 heterocycles. The standard InChI is InChI=1S/C23H26N4O/c1-26-21(16-23(28)14-13-17-8-5-6-11-19(17)23)24-25-22(26)27-15-7-12-20(27)18-9-3-2-4-10-18/h2-6,8-11,20,28H,7,12-16H2,1H3. The van der Waals surface area contributed by atoms with Crippen molar-refractivity contribution >= 4 is 5.95 Å². The molecule has 5 heteroatoms. The van der Waals surface area contributed by atoms with Crippen LogP contribution in [0.15, 0.2) is 54.6 Å². The van der Waals surface area contributed by atoms with Gasteiger partial charge in [-0.1, -0.05) is 54.6 Å². The quantitative estimate of drug-likeness (QED) is 0.759. The molecule has 0 amide bonds. The Balaban J connectivity index is 1.43. The maximum Gasteiger partial charge on any atom is 0.227 e. The third kappa shape index (κ3) is 2.81. The van der Waals surface area contributed by atoms with Gasteiger partial charge in [-0.15, -0.1) is 10.2 Å². The van der Waals surface area contributed by atoms with Crippen LogP contribution in [0.4, 0.5) is 5.95 Å². The largest absolute Gasteiger partial charge is 0.385 e. The van der Waals surface area contributed by atoms with Gasteiger partial charge in [-0.3, -0.25) is 0 Å². The van der Waals surface area contributed by atoms with Gasteiger partial charge in [-0.2, -0.15) is 0 Å². The summed E-state index contributed by atoms with van der Waals surface area (Å²) in [6.07, 6.45) is 4.43. The van der Waals surface area contributed by atoms with Crippen molar-refractivity contribution in [3.05, 3.63) is 77.1 Å². The molecule has 2 aliphatic rings. The summed E-state index contributed by atoms with van der Waals surface area (Å²) in [6.45, 7) is 0.985. The van der Waals surface area contributed by atoms with Crippen molar-refractivity contribution in [2.24, 2.45) is 7.05 Å². The van der Waals surface area contributed by atoms with Gasteiger partial charge in [0.1, 0.15) is 5.82 Å². The van der Waals surface area contributed by atoms with Gasteiger partial charge in [-0.25, -0.2) is 0 Å². The SMILES string of the molecule is Cn1c(CC2(O)CCc3ccccc32)nnc1N1CCCC1c1ccccc1. The van der Waals surface area contributed by atoms with E-state index in [0.717, 1.165) is 49.6 Å². The summed E-state index contributed by atoms with van der Waals surface area (Å²) in [7, 11) is 2.02. The van der Waals surface area contributed by atoms with Gasteiger partial charge < -0.3 is 14.6 Å². The van der Waals surface area contributed by atoms with Crippen LogP contribution in [0.1, 0.15) is 47.8 Å². The fourth-order valence-corrected chi connectivity index (χ4v) is 4.90. The van der Waals surface area contributed by atoms with Crippen LogP contribution in [0.5, 0.6) is 0 Å². The number of aromatic nitrogens is 3. The Morgan fingerprint density at radius 2 is 1.86 bits per heavy atom. The summed E-state index contributed by atoms with van der Waals surface area (Å²) in [5, 5.41) is 20.3. The Morgan fingerprint density at radius 3 is 2.71 bits per heavy atom. The molecule has 1 saturated heterocycles. The average molecular weight is 374 g/mol. The summed E-state index contributed by atoms with van der Waals surface area (Å²) in [4.78, 5) is 2.36. The molecular formula is C23H26N4O. The van der Waals surface area contributed by atoms with Crippen LogP contribution >= 0.6 is 0 Å². The van der Waals surface area contributed by atoms with Crippen molar-refractivity contribution in [2.75, 3.05) is 11.4 Å². The number of rotatable bonds is 4. The van der Waals surface area contributed by atoms with Crippen LogP contribution in [-0.4, -0.2) is 26.4 Å². The van der Waals surface area contributed by atoms with E-state index in [1.165, 1.54) is 11.1 Å². The van der Waals surface area contributed by atoms with Crippen molar-refractivity contribution in [1.82, 2.24) is 14.8 Å². The van der Waals surface area contributed by atoms with Gasteiger partial charge in [0.15, 0.2) is 0 Å². The smallest absolute Gasteiger partial charge is 0.227 e. The fourth-order valence-electron chi connectivity index (χ4n) is 4.90. The molecule has 0 bridgehead atoms. The van der Waals surface area contributed by atoms with Gasteiger partial charge in [0.25, 0.3) is 0 Å². The minimum absolute atomic E-state index is 0.340. The first kappa shape index (κ1) is 17.4. The molecule has 0 saturated carbocycles. The number of hydrogen-bond donors (Lipinski definition) is 1. The lowest BCUT2D eigenvalue weighted by atomic mass is 9.92. The Hall–Kier alpha value is -2.66. The van der Waals surface area contributed by atoms with E-state index in [2.05, 4.69) is 56.1 Å². The molecule has 1 fully saturated rings. The van der Waals surface area contributed by atoms with E-state index in [4.69, 9.17) is 0 Å². The van der Waals surface area contributed by atoms with Crippen molar-refractivity contribution in [1.29, 1.82) is 0 Å². The first-order chi connectivity index (χ1) is 13.7. The zero-order valence-electron chi connectivity index (χ0n) is 16.3. The lowest BCUT2D eigenvalue weighted by molar-refractivity contribution is 0.0362. The summed E-state index contributed by atoms with van der Waals surface area (Å²) in [5.74, 6) is 1.74. The molecule has 5 nitrogen and oxygen atoms in total. The highest BCUT2D eigenvalue weighted by atomic mass is 16.3. The molecule has 144 valence electrons. The second kappa shape index (κ2) is 6.74. The van der Waals surface area contributed by atoms with Crippen molar-refractivity contribution in [3.63, 3.8) is 0 Å². The van der Waals surface area contributed by atoms with Gasteiger partial charge in [0.05, 0.1) is 11.6 Å². The second-order valence-corrected chi connectivity index (χ2v) is 8.10. The minimum Gasteiger partial charge on any atom is -0.385 e. The Bertz CT molecular complexity index is 983. The number of aryl methyl sites for hydroxylation is 1. The summed E-state index contributed by atoms with van der Waals surface area (Å²) < 4.78 is 2.07. The number of nitrogens with zero attached hydrogens (tertiary/aromatic N) is 4. The van der Waals surface area contributed by atoms with E-state index < -0.39 is 5.60 Å². The van der Waals surface area contributed by atoms with E-state index >= 15 is 0 Å². The normalized spacial score (nSPS) is 23.9. The van der Waals surface area contributed by atoms with Crippen LogP contribution in [0.2, 0.25) is 0 Å². The minimum atomic E-state index is -0.849. The van der Waals surface area contributed by atoms with Crippen molar-refractivity contribution in [2.45, 2.75) is 43.7 Å². The van der Waals surface area contributed by atoms with E-state index in [0.29, 0.717) is 12.5 Å². The predicted octanol–water partition coefficient (Wildman–Crippen LogP) is 3.53. The lowest BCUT2D eigenvalue weighted by Crippen LogP contribution is -2.28. The number of benzene rings is 2. The van der Waals surface area contributed by atoms with Crippen molar-refractivity contribution in [3.8, 4) is 0 Å². The highest BCUT2D eigenvalue weighted by molar-refractivity contribution is 5.41. The number of anilines is 1. The zero-order chi connectivity index (χ0) is 19.1. The summed E-state index contributed by atoms with van der Waals surface area (Å²) in [6, 6.07) is 19.2. The number of fused-ring (bicyclic) bond motifs is 1. The number of aliphatic hydroxyl groups is 1. The maximum atomic E-state index is 11.3. The molecule has 1 aliphatic heterocycles. The molecule has 2 aromatic carbocycles. The average Bonchev–Trinajstić information content (AvgIpc) is 3.42. The molecule has 0 spiro atoms. The molecule has 2 atom stereocenters. The summed E-state index contributed by atoms with van der Waals surface area (Å²) in [5.41, 5.74) is 2.77. The molecule has 1 aromatic heterocycles. The van der Waals surface area contributed by atoms with E-state index in [-0.39, 0.29) is 0 Å². The molecule has 3 aromatic rings. The van der Waals surface area contributed by atoms with E-state index in [9.17, 15) is 5.11 Å². The molecule has 1 aliphatic carbocycles. The van der Waals surface area contributed by atoms with Crippen LogP contribution in [0.25, 0.3) is 0 Å². The van der Waals surface area contributed by atoms with Gasteiger partial charge in [0, 0.05) is 20.0 Å². The predicted molar refractivity (Wildman–Crippen MR) is 109 cm³/mol. The molecule has 1 N–H and O–H groups in total.